The Kier molecular flexibility index (Phi) is 10.5. The van der Waals surface area contributed by atoms with Crippen LogP contribution < -0.4 is 10.6 Å². The predicted molar refractivity (Wildman–Crippen MR) is 110 cm³/mol. The second-order valence-electron chi connectivity index (χ2n) is 7.92. The van der Waals surface area contributed by atoms with Gasteiger partial charge in [-0.2, -0.15) is 0 Å². The number of hydrogen-bond acceptors (Lipinski definition) is 15. The van der Waals surface area contributed by atoms with Crippen molar-refractivity contribution in [2.75, 3.05) is 12.4 Å². The lowest BCUT2D eigenvalue weighted by Crippen LogP contribution is -2.69. The number of carbonyl (C=O) groups excluding carboxylic acids is 2. The number of aliphatic hydroxyl groups excluding tert-OH is 8. The van der Waals surface area contributed by atoms with Crippen molar-refractivity contribution in [3.8, 4) is 0 Å². The van der Waals surface area contributed by atoms with E-state index < -0.39 is 91.7 Å². The molecule has 34 heavy (non-hydrogen) atoms. The Hall–Kier alpha value is -1.51. The first-order valence-electron chi connectivity index (χ1n) is 10.1. The Morgan fingerprint density at radius 2 is 1.53 bits per heavy atom. The van der Waals surface area contributed by atoms with Gasteiger partial charge < -0.3 is 61.0 Å². The number of amides is 2. The van der Waals surface area contributed by atoms with Crippen LogP contribution in [0.1, 0.15) is 6.92 Å². The highest BCUT2D eigenvalue weighted by Crippen LogP contribution is 2.29. The van der Waals surface area contributed by atoms with Gasteiger partial charge in [0.1, 0.15) is 67.0 Å². The third-order valence-corrected chi connectivity index (χ3v) is 6.13. The van der Waals surface area contributed by atoms with Crippen molar-refractivity contribution in [1.82, 2.24) is 10.6 Å². The van der Waals surface area contributed by atoms with E-state index in [4.69, 9.17) is 9.47 Å². The van der Waals surface area contributed by atoms with E-state index in [1.54, 1.807) is 0 Å². The summed E-state index contributed by atoms with van der Waals surface area (Å²) in [5.74, 6) is -1.87. The van der Waals surface area contributed by atoms with Gasteiger partial charge in [0.15, 0.2) is 6.29 Å². The minimum atomic E-state index is -1.95. The number of hydrogen-bond donors (Lipinski definition) is 10. The van der Waals surface area contributed by atoms with Crippen LogP contribution in [0.2, 0.25) is 0 Å². The highest BCUT2D eigenvalue weighted by molar-refractivity contribution is 7.97. The fraction of sp³-hybridized carbons (Fsp3) is 0.882. The highest BCUT2D eigenvalue weighted by Gasteiger charge is 2.53. The van der Waals surface area contributed by atoms with Crippen molar-refractivity contribution < 1.29 is 59.9 Å². The molecule has 16 nitrogen and oxygen atoms in total. The molecule has 12 atom stereocenters. The lowest BCUT2D eigenvalue weighted by atomic mass is 9.84. The zero-order valence-electron chi connectivity index (χ0n) is 17.8. The molecule has 0 radical (unpaired) electrons. The third-order valence-electron chi connectivity index (χ3n) is 5.54. The first-order valence-corrected chi connectivity index (χ1v) is 11.1. The van der Waals surface area contributed by atoms with Gasteiger partial charge in [0, 0.05) is 29.2 Å². The Morgan fingerprint density at radius 1 is 0.971 bits per heavy atom. The fourth-order valence-electron chi connectivity index (χ4n) is 3.66. The maximum absolute atomic E-state index is 12.7. The van der Waals surface area contributed by atoms with Crippen LogP contribution in [0.5, 0.6) is 0 Å². The summed E-state index contributed by atoms with van der Waals surface area (Å²) in [6.07, 6.45) is -18.3. The SMILES string of the molecule is CC(=O)N[C@@H](CSN=O)C(=O)N[C@H]1[C@@H](OC2[C@H](O)[C@H](O)C(O)[C@H](O)[C@H]2O)O[C@H](CO)[C@@H](O)[C@@H]1O. The van der Waals surface area contributed by atoms with Gasteiger partial charge >= 0.3 is 0 Å². The van der Waals surface area contributed by atoms with E-state index in [-0.39, 0.29) is 5.75 Å². The molecule has 0 aromatic heterocycles. The second kappa shape index (κ2) is 12.5. The molecule has 1 saturated heterocycles. The Labute approximate surface area is 197 Å². The Bertz CT molecular complexity index is 704. The van der Waals surface area contributed by atoms with Gasteiger partial charge in [0.05, 0.1) is 6.61 Å². The summed E-state index contributed by atoms with van der Waals surface area (Å²) in [4.78, 5) is 34.5. The summed E-state index contributed by atoms with van der Waals surface area (Å²) in [6.45, 7) is 0.297. The van der Waals surface area contributed by atoms with E-state index in [1.807, 2.05) is 0 Å². The van der Waals surface area contributed by atoms with Crippen molar-refractivity contribution in [2.24, 2.45) is 4.58 Å². The van der Waals surface area contributed by atoms with Gasteiger partial charge in [-0.3, -0.25) is 9.59 Å². The molecule has 1 saturated carbocycles. The number of nitrogens with one attached hydrogen (secondary N) is 2. The molecule has 0 aromatic rings. The number of ether oxygens (including phenoxy) is 2. The maximum Gasteiger partial charge on any atom is 0.243 e. The monoisotopic (exact) mass is 515 g/mol. The van der Waals surface area contributed by atoms with Gasteiger partial charge in [0.2, 0.25) is 11.8 Å². The second-order valence-corrected chi connectivity index (χ2v) is 8.66. The number of nitrogens with zero attached hydrogens (tertiary/aromatic N) is 1. The molecule has 2 fully saturated rings. The van der Waals surface area contributed by atoms with Gasteiger partial charge in [-0.25, -0.2) is 0 Å². The molecule has 2 aliphatic rings. The lowest BCUT2D eigenvalue weighted by Gasteiger charge is -2.47. The molecule has 0 bridgehead atoms. The first-order chi connectivity index (χ1) is 15.9. The summed E-state index contributed by atoms with van der Waals surface area (Å²) < 4.78 is 13.3. The lowest BCUT2D eigenvalue weighted by molar-refractivity contribution is -0.319. The largest absolute Gasteiger partial charge is 0.394 e. The standard InChI is InChI=1S/C17H29N3O13S/c1-4(22)18-5(3-34-20-31)16(30)19-7-9(24)8(23)6(2-21)32-17(7)33-15-13(28)11(26)10(25)12(27)14(15)29/h5-15,17,21,23-29H,2-3H2,1H3,(H,18,22)(H,19,30)/t5-,6+,7+,8+,9+,10?,11-,12+,13+,14+,15?,17+/m0/s1. The van der Waals surface area contributed by atoms with Crippen LogP contribution in [0.3, 0.4) is 0 Å². The van der Waals surface area contributed by atoms with Crippen LogP contribution in [-0.2, 0) is 19.1 Å². The fourth-order valence-corrected chi connectivity index (χ4v) is 4.11. The van der Waals surface area contributed by atoms with Gasteiger partial charge in [-0.1, -0.05) is 0 Å². The van der Waals surface area contributed by atoms with Crippen LogP contribution in [0.4, 0.5) is 0 Å². The maximum atomic E-state index is 12.7. The average Bonchev–Trinajstić information content (AvgIpc) is 2.80. The van der Waals surface area contributed by atoms with Gasteiger partial charge in [-0.05, 0) is 0 Å². The van der Waals surface area contributed by atoms with Crippen LogP contribution >= 0.6 is 11.9 Å². The molecular formula is C17H29N3O13S. The molecule has 17 heteroatoms. The third kappa shape index (κ3) is 6.38. The van der Waals surface area contributed by atoms with E-state index in [9.17, 15) is 55.3 Å². The highest BCUT2D eigenvalue weighted by atomic mass is 32.2. The molecule has 10 N–H and O–H groups in total. The van der Waals surface area contributed by atoms with Gasteiger partial charge in [-0.15, -0.1) is 4.91 Å². The molecule has 1 heterocycles. The average molecular weight is 515 g/mol. The van der Waals surface area contributed by atoms with Crippen molar-refractivity contribution in [3.63, 3.8) is 0 Å². The zero-order chi connectivity index (χ0) is 25.7. The molecular weight excluding hydrogens is 486 g/mol. The van der Waals surface area contributed by atoms with Crippen molar-refractivity contribution >= 4 is 23.8 Å². The van der Waals surface area contributed by atoms with Gasteiger partial charge in [0.25, 0.3) is 0 Å². The van der Waals surface area contributed by atoms with Crippen molar-refractivity contribution in [2.45, 2.75) is 80.2 Å². The smallest absolute Gasteiger partial charge is 0.243 e. The van der Waals surface area contributed by atoms with E-state index >= 15 is 0 Å². The normalized spacial score (nSPS) is 41.4. The summed E-state index contributed by atoms with van der Waals surface area (Å²) in [6, 6.07) is -2.94. The number of carbonyl (C=O) groups is 2. The van der Waals surface area contributed by atoms with Crippen molar-refractivity contribution in [3.05, 3.63) is 4.91 Å². The van der Waals surface area contributed by atoms with Crippen LogP contribution in [-0.4, -0.2) is 138 Å². The topological polar surface area (TPSA) is 268 Å². The Balaban J connectivity index is 2.28. The number of nitroso groups, excluding NO2 is 1. The van der Waals surface area contributed by atoms with E-state index in [0.717, 1.165) is 6.92 Å². The summed E-state index contributed by atoms with van der Waals surface area (Å²) in [7, 11) is 0. The van der Waals surface area contributed by atoms with Crippen LogP contribution in [0.25, 0.3) is 0 Å². The first kappa shape index (κ1) is 28.7. The zero-order valence-corrected chi connectivity index (χ0v) is 18.6. The number of aliphatic hydroxyl groups is 8. The summed E-state index contributed by atoms with van der Waals surface area (Å²) in [5, 5.41) is 84.7. The molecule has 2 amide bonds. The van der Waals surface area contributed by atoms with Crippen LogP contribution in [0, 0.1) is 4.91 Å². The summed E-state index contributed by atoms with van der Waals surface area (Å²) in [5.41, 5.74) is 0. The molecule has 1 aliphatic carbocycles. The molecule has 0 spiro atoms. The molecule has 1 aliphatic heterocycles. The van der Waals surface area contributed by atoms with Crippen molar-refractivity contribution in [1.29, 1.82) is 0 Å². The Morgan fingerprint density at radius 3 is 2.03 bits per heavy atom. The minimum absolute atomic E-state index is 0.289. The molecule has 0 aromatic carbocycles. The van der Waals surface area contributed by atoms with E-state index in [2.05, 4.69) is 15.2 Å². The molecule has 2 rings (SSSR count). The number of rotatable bonds is 9. The summed E-state index contributed by atoms with van der Waals surface area (Å²) >= 11 is 0.425. The predicted octanol–water partition coefficient (Wildman–Crippen LogP) is -5.97. The van der Waals surface area contributed by atoms with E-state index in [0.29, 0.717) is 11.9 Å². The van der Waals surface area contributed by atoms with E-state index in [1.165, 1.54) is 0 Å². The quantitative estimate of drug-likeness (QED) is 0.101. The minimum Gasteiger partial charge on any atom is -0.394 e. The molecule has 196 valence electrons. The van der Waals surface area contributed by atoms with Crippen LogP contribution in [0.15, 0.2) is 4.58 Å². The molecule has 2 unspecified atom stereocenters.